The van der Waals surface area contributed by atoms with Gasteiger partial charge in [-0.25, -0.2) is 13.1 Å². The molecule has 1 N–H and O–H groups in total. The number of likely N-dealkylation sites (tertiary alicyclic amines) is 1. The number of nitro groups is 1. The van der Waals surface area contributed by atoms with E-state index in [1.165, 1.54) is 6.07 Å². The number of amides is 1. The van der Waals surface area contributed by atoms with E-state index >= 15 is 0 Å². The molecular formula is C15H20ClN3O5S. The topological polar surface area (TPSA) is 110 Å². The maximum atomic E-state index is 12.3. The van der Waals surface area contributed by atoms with Gasteiger partial charge in [0.2, 0.25) is 15.9 Å². The lowest BCUT2D eigenvalue weighted by Gasteiger charge is -2.20. The number of sulfonamides is 1. The Balaban J connectivity index is 1.96. The Labute approximate surface area is 151 Å². The maximum Gasteiger partial charge on any atom is 0.290 e. The van der Waals surface area contributed by atoms with Crippen LogP contribution in [0.1, 0.15) is 32.1 Å². The van der Waals surface area contributed by atoms with Gasteiger partial charge in [-0.2, -0.15) is 0 Å². The Morgan fingerprint density at radius 1 is 1.28 bits per heavy atom. The number of carbonyl (C=O) groups excluding carboxylic acids is 1. The fraction of sp³-hybridized carbons (Fsp3) is 0.533. The molecule has 0 aromatic heterocycles. The van der Waals surface area contributed by atoms with Gasteiger partial charge in [-0.3, -0.25) is 14.9 Å². The lowest BCUT2D eigenvalue weighted by Crippen LogP contribution is -2.34. The molecule has 0 radical (unpaired) electrons. The molecule has 1 aliphatic rings. The van der Waals surface area contributed by atoms with E-state index in [-0.39, 0.29) is 17.5 Å². The van der Waals surface area contributed by atoms with Crippen LogP contribution in [-0.2, 0) is 14.8 Å². The summed E-state index contributed by atoms with van der Waals surface area (Å²) < 4.78 is 26.9. The van der Waals surface area contributed by atoms with Crippen molar-refractivity contribution in [2.24, 2.45) is 0 Å². The monoisotopic (exact) mass is 389 g/mol. The summed E-state index contributed by atoms with van der Waals surface area (Å²) in [7, 11) is -4.03. The normalized spacial score (nSPS) is 15.9. The van der Waals surface area contributed by atoms with Crippen molar-refractivity contribution in [3.8, 4) is 0 Å². The molecule has 138 valence electrons. The summed E-state index contributed by atoms with van der Waals surface area (Å²) >= 11 is 5.69. The minimum Gasteiger partial charge on any atom is -0.343 e. The Bertz CT molecular complexity index is 754. The predicted molar refractivity (Wildman–Crippen MR) is 93.0 cm³/mol. The van der Waals surface area contributed by atoms with E-state index in [2.05, 4.69) is 4.72 Å². The average molecular weight is 390 g/mol. The molecule has 0 bridgehead atoms. The van der Waals surface area contributed by atoms with E-state index in [0.29, 0.717) is 25.9 Å². The molecule has 0 atom stereocenters. The van der Waals surface area contributed by atoms with Gasteiger partial charge in [0.25, 0.3) is 5.69 Å². The van der Waals surface area contributed by atoms with Gasteiger partial charge in [-0.1, -0.05) is 18.0 Å². The summed E-state index contributed by atoms with van der Waals surface area (Å²) in [5.74, 6) is 0.0914. The van der Waals surface area contributed by atoms with Gasteiger partial charge in [-0.05, 0) is 31.4 Å². The number of hydrogen-bond donors (Lipinski definition) is 1. The molecule has 1 aromatic rings. The molecule has 0 saturated carbocycles. The minimum atomic E-state index is -4.03. The third kappa shape index (κ3) is 5.38. The van der Waals surface area contributed by atoms with Crippen LogP contribution in [0.15, 0.2) is 23.1 Å². The van der Waals surface area contributed by atoms with Gasteiger partial charge < -0.3 is 4.90 Å². The van der Waals surface area contributed by atoms with Crippen LogP contribution < -0.4 is 4.72 Å². The van der Waals surface area contributed by atoms with Crippen LogP contribution in [0.2, 0.25) is 5.02 Å². The van der Waals surface area contributed by atoms with Gasteiger partial charge in [0.1, 0.15) is 0 Å². The number of benzene rings is 1. The van der Waals surface area contributed by atoms with E-state index < -0.39 is 25.5 Å². The van der Waals surface area contributed by atoms with Gasteiger partial charge >= 0.3 is 0 Å². The van der Waals surface area contributed by atoms with Crippen LogP contribution in [-0.4, -0.2) is 43.8 Å². The Morgan fingerprint density at radius 3 is 2.76 bits per heavy atom. The summed E-state index contributed by atoms with van der Waals surface area (Å²) in [6.45, 7) is 1.24. The first-order valence-electron chi connectivity index (χ1n) is 8.02. The van der Waals surface area contributed by atoms with E-state index in [1.807, 2.05) is 0 Å². The minimum absolute atomic E-state index is 0.0883. The van der Waals surface area contributed by atoms with E-state index in [0.717, 1.165) is 31.4 Å². The zero-order chi connectivity index (χ0) is 18.4. The third-order valence-electron chi connectivity index (χ3n) is 3.98. The van der Waals surface area contributed by atoms with Crippen LogP contribution in [0.4, 0.5) is 5.69 Å². The van der Waals surface area contributed by atoms with Gasteiger partial charge in [-0.15, -0.1) is 0 Å². The van der Waals surface area contributed by atoms with Gasteiger partial charge in [0, 0.05) is 37.1 Å². The number of carbonyl (C=O) groups is 1. The summed E-state index contributed by atoms with van der Waals surface area (Å²) in [5.41, 5.74) is -0.567. The second kappa shape index (κ2) is 8.59. The number of nitro benzene ring substituents is 1. The van der Waals surface area contributed by atoms with Crippen LogP contribution in [0.5, 0.6) is 0 Å². The standard InChI is InChI=1S/C15H20ClN3O5S/c16-12-6-7-14(13(11-12)19(21)22)25(23,24)17-8-4-10-18-9-3-1-2-5-15(18)20/h6-7,11,17H,1-5,8-10H2. The third-order valence-corrected chi connectivity index (χ3v) is 5.72. The van der Waals surface area contributed by atoms with E-state index in [4.69, 9.17) is 11.6 Å². The van der Waals surface area contributed by atoms with Crippen molar-refractivity contribution in [1.29, 1.82) is 0 Å². The summed E-state index contributed by atoms with van der Waals surface area (Å²) in [5, 5.41) is 11.1. The molecule has 0 aliphatic carbocycles. The Morgan fingerprint density at radius 2 is 2.04 bits per heavy atom. The van der Waals surface area contributed by atoms with E-state index in [1.54, 1.807) is 4.90 Å². The highest BCUT2D eigenvalue weighted by Crippen LogP contribution is 2.26. The molecule has 10 heteroatoms. The number of nitrogens with one attached hydrogen (secondary N) is 1. The molecule has 1 amide bonds. The first-order chi connectivity index (χ1) is 11.8. The van der Waals surface area contributed by atoms with Crippen LogP contribution in [0, 0.1) is 10.1 Å². The zero-order valence-corrected chi connectivity index (χ0v) is 15.2. The lowest BCUT2D eigenvalue weighted by molar-refractivity contribution is -0.387. The van der Waals surface area contributed by atoms with Crippen molar-refractivity contribution in [3.63, 3.8) is 0 Å². The van der Waals surface area contributed by atoms with E-state index in [9.17, 15) is 23.3 Å². The van der Waals surface area contributed by atoms with Crippen LogP contribution >= 0.6 is 11.6 Å². The van der Waals surface area contributed by atoms with Crippen molar-refractivity contribution in [2.45, 2.75) is 37.0 Å². The number of nitrogens with zero attached hydrogens (tertiary/aromatic N) is 2. The first-order valence-corrected chi connectivity index (χ1v) is 9.89. The number of halogens is 1. The molecule has 1 heterocycles. The number of rotatable bonds is 7. The summed E-state index contributed by atoms with van der Waals surface area (Å²) in [6, 6.07) is 3.41. The van der Waals surface area contributed by atoms with Crippen molar-refractivity contribution >= 4 is 33.2 Å². The molecule has 1 aliphatic heterocycles. The largest absolute Gasteiger partial charge is 0.343 e. The van der Waals surface area contributed by atoms with Crippen molar-refractivity contribution in [3.05, 3.63) is 33.3 Å². The first kappa shape index (κ1) is 19.6. The molecule has 8 nitrogen and oxygen atoms in total. The van der Waals surface area contributed by atoms with Crippen LogP contribution in [0.25, 0.3) is 0 Å². The van der Waals surface area contributed by atoms with Gasteiger partial charge in [0.15, 0.2) is 4.90 Å². The molecule has 0 spiro atoms. The van der Waals surface area contributed by atoms with Gasteiger partial charge in [0.05, 0.1) is 4.92 Å². The second-order valence-corrected chi connectivity index (χ2v) is 7.98. The molecule has 25 heavy (non-hydrogen) atoms. The molecule has 1 aromatic carbocycles. The second-order valence-electron chi connectivity index (χ2n) is 5.81. The maximum absolute atomic E-state index is 12.3. The Hall–Kier alpha value is -1.71. The van der Waals surface area contributed by atoms with Crippen molar-refractivity contribution in [1.82, 2.24) is 9.62 Å². The molecule has 0 unspecified atom stereocenters. The zero-order valence-electron chi connectivity index (χ0n) is 13.6. The fourth-order valence-electron chi connectivity index (χ4n) is 2.69. The molecule has 2 rings (SSSR count). The quantitative estimate of drug-likeness (QED) is 0.437. The number of hydrogen-bond acceptors (Lipinski definition) is 5. The Kier molecular flexibility index (Phi) is 6.74. The lowest BCUT2D eigenvalue weighted by atomic mass is 10.2. The highest BCUT2D eigenvalue weighted by Gasteiger charge is 2.25. The molecular weight excluding hydrogens is 370 g/mol. The summed E-state index contributed by atoms with van der Waals surface area (Å²) in [6.07, 6.45) is 3.83. The fourth-order valence-corrected chi connectivity index (χ4v) is 4.08. The van der Waals surface area contributed by atoms with Crippen LogP contribution in [0.3, 0.4) is 0 Å². The highest BCUT2D eigenvalue weighted by molar-refractivity contribution is 7.89. The molecule has 1 saturated heterocycles. The van der Waals surface area contributed by atoms with Crippen molar-refractivity contribution < 1.29 is 18.1 Å². The van der Waals surface area contributed by atoms with Crippen molar-refractivity contribution in [2.75, 3.05) is 19.6 Å². The highest BCUT2D eigenvalue weighted by atomic mass is 35.5. The smallest absolute Gasteiger partial charge is 0.290 e. The predicted octanol–water partition coefficient (Wildman–Crippen LogP) is 2.32. The molecule has 1 fully saturated rings. The average Bonchev–Trinajstić information content (AvgIpc) is 2.75. The SMILES string of the molecule is O=C1CCCCCN1CCCNS(=O)(=O)c1ccc(Cl)cc1[N+](=O)[O-]. The summed E-state index contributed by atoms with van der Waals surface area (Å²) in [4.78, 5) is 23.5.